The van der Waals surface area contributed by atoms with Crippen molar-refractivity contribution in [2.75, 3.05) is 25.0 Å². The zero-order valence-corrected chi connectivity index (χ0v) is 22.0. The number of benzene rings is 1. The summed E-state index contributed by atoms with van der Waals surface area (Å²) in [7, 11) is 0. The van der Waals surface area contributed by atoms with Crippen LogP contribution in [0.4, 0.5) is 11.5 Å². The van der Waals surface area contributed by atoms with Crippen molar-refractivity contribution in [3.05, 3.63) is 70.7 Å². The molecule has 2 amide bonds. The van der Waals surface area contributed by atoms with Gasteiger partial charge in [0, 0.05) is 25.2 Å². The molecule has 0 radical (unpaired) electrons. The van der Waals surface area contributed by atoms with Crippen molar-refractivity contribution in [2.45, 2.75) is 51.0 Å². The highest BCUT2D eigenvalue weighted by Crippen LogP contribution is 2.24. The fourth-order valence-electron chi connectivity index (χ4n) is 4.67. The second kappa shape index (κ2) is 12.1. The Morgan fingerprint density at radius 3 is 2.77 bits per heavy atom. The van der Waals surface area contributed by atoms with E-state index in [1.54, 1.807) is 11.1 Å². The second-order valence-corrected chi connectivity index (χ2v) is 9.86. The Bertz CT molecular complexity index is 1360. The number of ether oxygens (including phenoxy) is 3. The molecule has 0 bridgehead atoms. The minimum atomic E-state index is -0.759. The number of aromatic nitrogens is 3. The van der Waals surface area contributed by atoms with E-state index in [9.17, 15) is 19.7 Å². The molecule has 13 heteroatoms. The van der Waals surface area contributed by atoms with Crippen LogP contribution in [0.25, 0.3) is 0 Å². The van der Waals surface area contributed by atoms with Gasteiger partial charge in [0.1, 0.15) is 42.6 Å². The van der Waals surface area contributed by atoms with Gasteiger partial charge in [0.15, 0.2) is 0 Å². The van der Waals surface area contributed by atoms with Gasteiger partial charge in [-0.1, -0.05) is 17.7 Å². The monoisotopic (exact) mass is 550 g/mol. The molecule has 2 unspecified atom stereocenters. The summed E-state index contributed by atoms with van der Waals surface area (Å²) >= 11 is 0. The normalized spacial score (nSPS) is 20.6. The van der Waals surface area contributed by atoms with Crippen LogP contribution in [-0.4, -0.2) is 74.4 Å². The van der Waals surface area contributed by atoms with E-state index in [2.05, 4.69) is 15.4 Å². The molecule has 3 atom stereocenters. The average molecular weight is 551 g/mol. The number of hydrogen-bond donors (Lipinski definition) is 1. The molecule has 2 fully saturated rings. The minimum absolute atomic E-state index is 0.0427. The number of aryl methyl sites for hydroxylation is 1. The first-order valence-electron chi connectivity index (χ1n) is 13.1. The molecular weight excluding hydrogens is 520 g/mol. The number of anilines is 1. The van der Waals surface area contributed by atoms with Crippen LogP contribution in [0.3, 0.4) is 0 Å². The summed E-state index contributed by atoms with van der Waals surface area (Å²) in [5, 5.41) is 17.9. The second-order valence-electron chi connectivity index (χ2n) is 9.86. The first-order chi connectivity index (χ1) is 19.3. The van der Waals surface area contributed by atoms with E-state index in [0.29, 0.717) is 18.8 Å². The first-order valence-corrected chi connectivity index (χ1v) is 13.1. The standard InChI is InChI=1S/C27H30N6O7/c1-18-4-6-20(7-5-18)39-22-3-2-10-31(15-22)26(34)16-32-14-19(13-29-32)30-27(35)24-11-23(17-38-24)40-21-8-9-28-25(12-21)33(36)37/h4-9,12-14,22-24H,2-3,10-11,15-17H2,1H3,(H,30,35)/t22-,23?,24?/m0/s1. The van der Waals surface area contributed by atoms with E-state index >= 15 is 0 Å². The van der Waals surface area contributed by atoms with E-state index in [1.807, 2.05) is 31.2 Å². The van der Waals surface area contributed by atoms with E-state index in [-0.39, 0.29) is 49.1 Å². The van der Waals surface area contributed by atoms with Gasteiger partial charge in [-0.25, -0.2) is 0 Å². The number of rotatable bonds is 9. The fraction of sp³-hybridized carbons (Fsp3) is 0.407. The minimum Gasteiger partial charge on any atom is -0.489 e. The number of nitrogens with zero attached hydrogens (tertiary/aromatic N) is 5. The molecule has 5 rings (SSSR count). The topological polar surface area (TPSA) is 151 Å². The Morgan fingerprint density at radius 1 is 1.18 bits per heavy atom. The first kappa shape index (κ1) is 27.1. The van der Waals surface area contributed by atoms with Gasteiger partial charge < -0.3 is 34.5 Å². The van der Waals surface area contributed by atoms with Crippen LogP contribution >= 0.6 is 0 Å². The van der Waals surface area contributed by atoms with Gasteiger partial charge in [-0.05, 0) is 41.8 Å². The number of pyridine rings is 1. The average Bonchev–Trinajstić information content (AvgIpc) is 3.60. The lowest BCUT2D eigenvalue weighted by Crippen LogP contribution is -2.45. The number of carbonyl (C=O) groups is 2. The maximum Gasteiger partial charge on any atom is 0.367 e. The Hall–Kier alpha value is -4.52. The van der Waals surface area contributed by atoms with Crippen LogP contribution < -0.4 is 14.8 Å². The summed E-state index contributed by atoms with van der Waals surface area (Å²) in [5.74, 6) is 0.308. The zero-order valence-electron chi connectivity index (χ0n) is 22.0. The number of carbonyl (C=O) groups excluding carboxylic acids is 2. The molecule has 13 nitrogen and oxygen atoms in total. The number of nitro groups is 1. The number of likely N-dealkylation sites (tertiary alicyclic amines) is 1. The molecule has 2 aromatic heterocycles. The quantitative estimate of drug-likeness (QED) is 0.313. The molecule has 0 aliphatic carbocycles. The number of amides is 2. The van der Waals surface area contributed by atoms with Crippen LogP contribution in [0, 0.1) is 17.0 Å². The summed E-state index contributed by atoms with van der Waals surface area (Å²) in [6.45, 7) is 3.39. The molecule has 1 N–H and O–H groups in total. The number of nitrogens with one attached hydrogen (secondary N) is 1. The maximum absolute atomic E-state index is 12.9. The van der Waals surface area contributed by atoms with Crippen molar-refractivity contribution in [1.82, 2.24) is 19.7 Å². The third-order valence-electron chi connectivity index (χ3n) is 6.71. The molecule has 2 aliphatic rings. The van der Waals surface area contributed by atoms with Crippen molar-refractivity contribution < 1.29 is 28.7 Å². The molecule has 1 aromatic carbocycles. The van der Waals surface area contributed by atoms with E-state index in [4.69, 9.17) is 14.2 Å². The summed E-state index contributed by atoms with van der Waals surface area (Å²) in [6.07, 6.45) is 5.10. The molecule has 4 heterocycles. The molecule has 210 valence electrons. The van der Waals surface area contributed by atoms with Gasteiger partial charge in [0.05, 0.1) is 31.1 Å². The summed E-state index contributed by atoms with van der Waals surface area (Å²) in [6, 6.07) is 10.6. The molecule has 0 spiro atoms. The van der Waals surface area contributed by atoms with Gasteiger partial charge in [-0.15, -0.1) is 0 Å². The highest BCUT2D eigenvalue weighted by Gasteiger charge is 2.33. The number of hydrogen-bond acceptors (Lipinski definition) is 9. The van der Waals surface area contributed by atoms with Crippen molar-refractivity contribution in [3.63, 3.8) is 0 Å². The molecule has 40 heavy (non-hydrogen) atoms. The molecule has 0 saturated carbocycles. The predicted octanol–water partition coefficient (Wildman–Crippen LogP) is 2.74. The van der Waals surface area contributed by atoms with Gasteiger partial charge in [-0.3, -0.25) is 14.3 Å². The van der Waals surface area contributed by atoms with Gasteiger partial charge >= 0.3 is 5.82 Å². The maximum atomic E-state index is 12.9. The van der Waals surface area contributed by atoms with Crippen LogP contribution in [0.2, 0.25) is 0 Å². The van der Waals surface area contributed by atoms with Gasteiger partial charge in [0.25, 0.3) is 5.91 Å². The van der Waals surface area contributed by atoms with E-state index in [0.717, 1.165) is 24.2 Å². The smallest absolute Gasteiger partial charge is 0.367 e. The van der Waals surface area contributed by atoms with Crippen LogP contribution in [-0.2, 0) is 20.9 Å². The Kier molecular flexibility index (Phi) is 8.20. The van der Waals surface area contributed by atoms with Crippen molar-refractivity contribution >= 4 is 23.3 Å². The van der Waals surface area contributed by atoms with E-state index < -0.39 is 17.1 Å². The highest BCUT2D eigenvalue weighted by atomic mass is 16.6. The SMILES string of the molecule is Cc1ccc(O[C@H]2CCCN(C(=O)Cn3cc(NC(=O)C4CC(Oc5ccnc([N+](=O)[O-])c5)CO4)cn3)C2)cc1. The molecule has 2 aliphatic heterocycles. The fourth-order valence-corrected chi connectivity index (χ4v) is 4.67. The lowest BCUT2D eigenvalue weighted by molar-refractivity contribution is -0.389. The molecule has 3 aromatic rings. The Morgan fingerprint density at radius 2 is 1.98 bits per heavy atom. The highest BCUT2D eigenvalue weighted by molar-refractivity contribution is 5.94. The largest absolute Gasteiger partial charge is 0.489 e. The lowest BCUT2D eigenvalue weighted by Gasteiger charge is -2.33. The predicted molar refractivity (Wildman–Crippen MR) is 142 cm³/mol. The third kappa shape index (κ3) is 6.91. The number of piperidine rings is 1. The lowest BCUT2D eigenvalue weighted by atomic mass is 10.1. The summed E-state index contributed by atoms with van der Waals surface area (Å²) < 4.78 is 18.9. The molecular formula is C27H30N6O7. The Balaban J connectivity index is 1.08. The van der Waals surface area contributed by atoms with Crippen LogP contribution in [0.1, 0.15) is 24.8 Å². The van der Waals surface area contributed by atoms with Crippen molar-refractivity contribution in [2.24, 2.45) is 0 Å². The summed E-state index contributed by atoms with van der Waals surface area (Å²) in [4.78, 5) is 41.4. The zero-order chi connectivity index (χ0) is 28.1. The van der Waals surface area contributed by atoms with Crippen molar-refractivity contribution in [1.29, 1.82) is 0 Å². The third-order valence-corrected chi connectivity index (χ3v) is 6.71. The molecule has 2 saturated heterocycles. The van der Waals surface area contributed by atoms with E-state index in [1.165, 1.54) is 29.2 Å². The summed E-state index contributed by atoms with van der Waals surface area (Å²) in [5.41, 5.74) is 1.60. The van der Waals surface area contributed by atoms with Gasteiger partial charge in [-0.2, -0.15) is 5.10 Å². The Labute approximate surface area is 230 Å². The van der Waals surface area contributed by atoms with Crippen LogP contribution in [0.5, 0.6) is 11.5 Å². The van der Waals surface area contributed by atoms with Gasteiger partial charge in [0.2, 0.25) is 5.91 Å². The van der Waals surface area contributed by atoms with Crippen molar-refractivity contribution in [3.8, 4) is 11.5 Å². The van der Waals surface area contributed by atoms with Crippen LogP contribution in [0.15, 0.2) is 55.0 Å².